The summed E-state index contributed by atoms with van der Waals surface area (Å²) in [6, 6.07) is 14.5. The maximum atomic E-state index is 13.0. The van der Waals surface area contributed by atoms with Crippen LogP contribution in [0, 0.1) is 0 Å². The third-order valence-corrected chi connectivity index (χ3v) is 5.72. The molecule has 1 amide bonds. The molecule has 0 aliphatic carbocycles. The Labute approximate surface area is 164 Å². The van der Waals surface area contributed by atoms with Crippen LogP contribution in [0.15, 0.2) is 48.5 Å². The Morgan fingerprint density at radius 1 is 1.07 bits per heavy atom. The van der Waals surface area contributed by atoms with Crippen LogP contribution in [-0.2, 0) is 22.3 Å². The van der Waals surface area contributed by atoms with Crippen molar-refractivity contribution in [3.05, 3.63) is 65.4 Å². The molecule has 3 aromatic rings. The molecule has 1 N–H and O–H groups in total. The van der Waals surface area contributed by atoms with Gasteiger partial charge < -0.3 is 14.8 Å². The molecule has 0 bridgehead atoms. The smallest absolute Gasteiger partial charge is 0.257 e. The molecular weight excluding hydrogens is 378 g/mol. The van der Waals surface area contributed by atoms with Gasteiger partial charge in [0.2, 0.25) is 0 Å². The standard InChI is InChI=1S/C20H19N3O4S/c1-26-15-8-13(9-16(10-15)27-2)20(24)21-19-17-11-28(25)12-18(17)22-23(19)14-6-4-3-5-7-14/h3-10H,11-12H2,1-2H3,(H,21,24)/t28-/m0/s1. The van der Waals surface area contributed by atoms with Crippen LogP contribution < -0.4 is 14.8 Å². The second kappa shape index (κ2) is 7.47. The highest BCUT2D eigenvalue weighted by molar-refractivity contribution is 7.83. The first-order valence-electron chi connectivity index (χ1n) is 8.64. The number of methoxy groups -OCH3 is 2. The molecule has 1 aromatic heterocycles. The number of para-hydroxylation sites is 1. The molecule has 1 aliphatic rings. The van der Waals surface area contributed by atoms with Gasteiger partial charge in [0.15, 0.2) is 0 Å². The van der Waals surface area contributed by atoms with Crippen LogP contribution in [0.1, 0.15) is 21.6 Å². The number of nitrogens with one attached hydrogen (secondary N) is 1. The summed E-state index contributed by atoms with van der Waals surface area (Å²) in [5, 5.41) is 7.53. The highest BCUT2D eigenvalue weighted by Crippen LogP contribution is 2.32. The number of nitrogens with zero attached hydrogens (tertiary/aromatic N) is 2. The van der Waals surface area contributed by atoms with Crippen LogP contribution in [-0.4, -0.2) is 34.1 Å². The first-order valence-corrected chi connectivity index (χ1v) is 10.1. The Morgan fingerprint density at radius 2 is 1.75 bits per heavy atom. The van der Waals surface area contributed by atoms with Crippen molar-refractivity contribution >= 4 is 22.5 Å². The summed E-state index contributed by atoms with van der Waals surface area (Å²) in [5.74, 6) is 2.03. The highest BCUT2D eigenvalue weighted by Gasteiger charge is 2.28. The Balaban J connectivity index is 1.74. The lowest BCUT2D eigenvalue weighted by Gasteiger charge is -2.12. The van der Waals surface area contributed by atoms with Gasteiger partial charge in [-0.2, -0.15) is 5.10 Å². The van der Waals surface area contributed by atoms with Crippen LogP contribution in [0.3, 0.4) is 0 Å². The lowest BCUT2D eigenvalue weighted by molar-refractivity contribution is 0.102. The number of ether oxygens (including phenoxy) is 2. The molecule has 28 heavy (non-hydrogen) atoms. The van der Waals surface area contributed by atoms with Gasteiger partial charge in [0.25, 0.3) is 5.91 Å². The number of hydrogen-bond acceptors (Lipinski definition) is 5. The van der Waals surface area contributed by atoms with E-state index in [0.717, 1.165) is 16.9 Å². The first-order chi connectivity index (χ1) is 13.6. The van der Waals surface area contributed by atoms with Gasteiger partial charge in [-0.1, -0.05) is 18.2 Å². The molecule has 1 atom stereocenters. The van der Waals surface area contributed by atoms with E-state index in [1.807, 2.05) is 30.3 Å². The molecule has 144 valence electrons. The second-order valence-corrected chi connectivity index (χ2v) is 7.76. The summed E-state index contributed by atoms with van der Waals surface area (Å²) >= 11 is 0. The summed E-state index contributed by atoms with van der Waals surface area (Å²) in [6.45, 7) is 0. The number of amides is 1. The molecule has 0 saturated carbocycles. The minimum Gasteiger partial charge on any atom is -0.497 e. The molecule has 7 nitrogen and oxygen atoms in total. The fourth-order valence-electron chi connectivity index (χ4n) is 3.13. The fourth-order valence-corrected chi connectivity index (χ4v) is 4.39. The van der Waals surface area contributed by atoms with Crippen LogP contribution in [0.25, 0.3) is 5.69 Å². The van der Waals surface area contributed by atoms with E-state index in [4.69, 9.17) is 9.47 Å². The lowest BCUT2D eigenvalue weighted by atomic mass is 10.1. The van der Waals surface area contributed by atoms with Gasteiger partial charge in [-0.05, 0) is 24.3 Å². The van der Waals surface area contributed by atoms with Crippen molar-refractivity contribution < 1.29 is 18.5 Å². The van der Waals surface area contributed by atoms with Gasteiger partial charge in [-0.15, -0.1) is 0 Å². The minimum absolute atomic E-state index is 0.324. The molecule has 8 heteroatoms. The van der Waals surface area contributed by atoms with Gasteiger partial charge in [0.05, 0.1) is 37.1 Å². The van der Waals surface area contributed by atoms with Crippen molar-refractivity contribution in [1.29, 1.82) is 0 Å². The Bertz CT molecular complexity index is 1040. The van der Waals surface area contributed by atoms with Crippen molar-refractivity contribution in [2.45, 2.75) is 11.5 Å². The average Bonchev–Trinajstić information content (AvgIpc) is 3.25. The molecule has 0 unspecified atom stereocenters. The van der Waals surface area contributed by atoms with Crippen LogP contribution >= 0.6 is 0 Å². The highest BCUT2D eigenvalue weighted by atomic mass is 32.2. The summed E-state index contributed by atoms with van der Waals surface area (Å²) in [7, 11) is 2.06. The zero-order chi connectivity index (χ0) is 19.7. The number of anilines is 1. The van der Waals surface area contributed by atoms with Gasteiger partial charge in [0.1, 0.15) is 17.3 Å². The topological polar surface area (TPSA) is 82.4 Å². The predicted molar refractivity (Wildman–Crippen MR) is 107 cm³/mol. The average molecular weight is 397 g/mol. The third kappa shape index (κ3) is 3.38. The van der Waals surface area contributed by atoms with Gasteiger partial charge >= 0.3 is 0 Å². The van der Waals surface area contributed by atoms with Crippen molar-refractivity contribution in [3.63, 3.8) is 0 Å². The van der Waals surface area contributed by atoms with Crippen LogP contribution in [0.4, 0.5) is 5.82 Å². The van der Waals surface area contributed by atoms with Gasteiger partial charge in [-0.25, -0.2) is 4.68 Å². The minimum atomic E-state index is -1.000. The number of aromatic nitrogens is 2. The molecule has 4 rings (SSSR count). The monoisotopic (exact) mass is 397 g/mol. The number of hydrogen-bond donors (Lipinski definition) is 1. The Morgan fingerprint density at radius 3 is 2.39 bits per heavy atom. The number of rotatable bonds is 5. The molecule has 0 fully saturated rings. The summed E-state index contributed by atoms with van der Waals surface area (Å²) in [5.41, 5.74) is 2.78. The predicted octanol–water partition coefficient (Wildman–Crippen LogP) is 2.90. The van der Waals surface area contributed by atoms with E-state index in [9.17, 15) is 9.00 Å². The maximum absolute atomic E-state index is 13.0. The van der Waals surface area contributed by atoms with E-state index < -0.39 is 10.8 Å². The van der Waals surface area contributed by atoms with Crippen molar-refractivity contribution in [2.75, 3.05) is 19.5 Å². The van der Waals surface area contributed by atoms with Crippen molar-refractivity contribution in [2.24, 2.45) is 0 Å². The zero-order valence-electron chi connectivity index (χ0n) is 15.5. The van der Waals surface area contributed by atoms with E-state index >= 15 is 0 Å². The summed E-state index contributed by atoms with van der Waals surface area (Å²) < 4.78 is 24.2. The summed E-state index contributed by atoms with van der Waals surface area (Å²) in [6.07, 6.45) is 0. The van der Waals surface area contributed by atoms with Gasteiger partial charge in [0, 0.05) is 28.0 Å². The Hall–Kier alpha value is -3.13. The maximum Gasteiger partial charge on any atom is 0.257 e. The van der Waals surface area contributed by atoms with Crippen molar-refractivity contribution in [1.82, 2.24) is 9.78 Å². The number of carbonyl (C=O) groups excluding carboxylic acids is 1. The van der Waals surface area contributed by atoms with Crippen molar-refractivity contribution in [3.8, 4) is 17.2 Å². The van der Waals surface area contributed by atoms with Crippen LogP contribution in [0.2, 0.25) is 0 Å². The molecule has 0 saturated heterocycles. The molecule has 0 radical (unpaired) electrons. The molecule has 2 heterocycles. The normalized spacial score (nSPS) is 15.1. The van der Waals surface area contributed by atoms with E-state index in [0.29, 0.717) is 34.4 Å². The van der Waals surface area contributed by atoms with E-state index in [2.05, 4.69) is 10.4 Å². The van der Waals surface area contributed by atoms with Crippen LogP contribution in [0.5, 0.6) is 11.5 Å². The third-order valence-electron chi connectivity index (χ3n) is 4.52. The molecule has 1 aliphatic heterocycles. The number of fused-ring (bicyclic) bond motifs is 1. The molecular formula is C20H19N3O4S. The summed E-state index contributed by atoms with van der Waals surface area (Å²) in [4.78, 5) is 13.0. The number of carbonyl (C=O) groups is 1. The van der Waals surface area contributed by atoms with Gasteiger partial charge in [-0.3, -0.25) is 9.00 Å². The lowest BCUT2D eigenvalue weighted by Crippen LogP contribution is -2.16. The first kappa shape index (κ1) is 18.2. The SMILES string of the molecule is COc1cc(OC)cc(C(=O)Nc2c3c(nn2-c2ccccc2)C[S@@](=O)C3)c1. The quantitative estimate of drug-likeness (QED) is 0.716. The Kier molecular flexibility index (Phi) is 4.87. The fraction of sp³-hybridized carbons (Fsp3) is 0.200. The van der Waals surface area contributed by atoms with E-state index in [1.54, 1.807) is 22.9 Å². The number of benzene rings is 2. The zero-order valence-corrected chi connectivity index (χ0v) is 16.3. The largest absolute Gasteiger partial charge is 0.497 e. The molecule has 0 spiro atoms. The van der Waals surface area contributed by atoms with E-state index in [-0.39, 0.29) is 5.91 Å². The van der Waals surface area contributed by atoms with E-state index in [1.165, 1.54) is 14.2 Å². The molecule has 2 aromatic carbocycles. The second-order valence-electron chi connectivity index (χ2n) is 6.31.